The van der Waals surface area contributed by atoms with E-state index in [2.05, 4.69) is 15.0 Å². The van der Waals surface area contributed by atoms with E-state index in [1.165, 1.54) is 24.3 Å². The van der Waals surface area contributed by atoms with Crippen LogP contribution in [0.15, 0.2) is 28.5 Å². The molecular formula is C11H11ClN4O3S2. The van der Waals surface area contributed by atoms with Crippen molar-refractivity contribution in [3.05, 3.63) is 34.4 Å². The van der Waals surface area contributed by atoms with Gasteiger partial charge in [-0.05, 0) is 31.2 Å². The molecule has 2 rings (SSSR count). The molecule has 1 aromatic heterocycles. The van der Waals surface area contributed by atoms with Gasteiger partial charge in [0.2, 0.25) is 0 Å². The fraction of sp³-hybridized carbons (Fsp3) is 0.0909. The van der Waals surface area contributed by atoms with Gasteiger partial charge in [0.15, 0.2) is 8.68 Å². The fourth-order valence-electron chi connectivity index (χ4n) is 1.57. The molecule has 0 radical (unpaired) electrons. The molecule has 10 heteroatoms. The molecule has 4 N–H and O–H groups in total. The van der Waals surface area contributed by atoms with Gasteiger partial charge in [0.25, 0.3) is 10.0 Å². The number of carbonyl (C=O) groups excluding carboxylic acids is 1. The third kappa shape index (κ3) is 3.84. The number of amides is 2. The van der Waals surface area contributed by atoms with Crippen LogP contribution in [0.25, 0.3) is 0 Å². The van der Waals surface area contributed by atoms with Crippen LogP contribution in [0, 0.1) is 6.92 Å². The molecule has 1 aromatic carbocycles. The van der Waals surface area contributed by atoms with Crippen LogP contribution in [0.2, 0.25) is 4.47 Å². The normalized spacial score (nSPS) is 11.1. The van der Waals surface area contributed by atoms with Gasteiger partial charge < -0.3 is 11.1 Å². The van der Waals surface area contributed by atoms with Gasteiger partial charge in [-0.2, -0.15) is 0 Å². The Morgan fingerprint density at radius 2 is 1.86 bits per heavy atom. The van der Waals surface area contributed by atoms with E-state index in [9.17, 15) is 13.2 Å². The Bertz CT molecular complexity index is 771. The van der Waals surface area contributed by atoms with Crippen LogP contribution in [0.1, 0.15) is 5.69 Å². The van der Waals surface area contributed by atoms with Crippen molar-refractivity contribution in [1.82, 2.24) is 4.98 Å². The molecule has 0 spiro atoms. The maximum Gasteiger partial charge on any atom is 0.316 e. The van der Waals surface area contributed by atoms with Crippen LogP contribution in [0.4, 0.5) is 16.2 Å². The number of benzene rings is 1. The molecule has 1 heterocycles. The van der Waals surface area contributed by atoms with Crippen molar-refractivity contribution in [2.24, 2.45) is 5.73 Å². The summed E-state index contributed by atoms with van der Waals surface area (Å²) in [6.45, 7) is 1.57. The fourth-order valence-corrected chi connectivity index (χ4v) is 4.36. The van der Waals surface area contributed by atoms with E-state index in [1.54, 1.807) is 6.92 Å². The summed E-state index contributed by atoms with van der Waals surface area (Å²) in [4.78, 5) is 14.6. The highest BCUT2D eigenvalue weighted by Gasteiger charge is 2.21. The van der Waals surface area contributed by atoms with Crippen LogP contribution in [0.3, 0.4) is 0 Å². The average Bonchev–Trinajstić information content (AvgIpc) is 2.71. The van der Waals surface area contributed by atoms with E-state index in [0.717, 1.165) is 11.3 Å². The molecule has 0 aliphatic rings. The summed E-state index contributed by atoms with van der Waals surface area (Å²) in [6, 6.07) is 5.35. The molecule has 0 aliphatic heterocycles. The molecule has 112 valence electrons. The van der Waals surface area contributed by atoms with Crippen molar-refractivity contribution in [1.29, 1.82) is 0 Å². The zero-order valence-corrected chi connectivity index (χ0v) is 13.1. The molecule has 0 aliphatic carbocycles. The van der Waals surface area contributed by atoms with Crippen LogP contribution in [-0.4, -0.2) is 19.4 Å². The monoisotopic (exact) mass is 346 g/mol. The largest absolute Gasteiger partial charge is 0.351 e. The first-order chi connectivity index (χ1) is 9.78. The Labute approximate surface area is 130 Å². The maximum absolute atomic E-state index is 12.2. The number of anilines is 2. The van der Waals surface area contributed by atoms with E-state index in [1.807, 2.05) is 0 Å². The maximum atomic E-state index is 12.2. The predicted molar refractivity (Wildman–Crippen MR) is 82.3 cm³/mol. The van der Waals surface area contributed by atoms with E-state index >= 15 is 0 Å². The van der Waals surface area contributed by atoms with Gasteiger partial charge in [-0.3, -0.25) is 4.72 Å². The lowest BCUT2D eigenvalue weighted by molar-refractivity contribution is 0.259. The third-order valence-electron chi connectivity index (χ3n) is 2.38. The van der Waals surface area contributed by atoms with E-state index in [4.69, 9.17) is 17.3 Å². The number of halogens is 1. The molecule has 0 bridgehead atoms. The lowest BCUT2D eigenvalue weighted by Gasteiger charge is -2.08. The van der Waals surface area contributed by atoms with Crippen LogP contribution < -0.4 is 15.8 Å². The van der Waals surface area contributed by atoms with E-state index in [0.29, 0.717) is 17.1 Å². The summed E-state index contributed by atoms with van der Waals surface area (Å²) in [7, 11) is -3.75. The molecule has 0 saturated heterocycles. The Balaban J connectivity index is 2.21. The number of rotatable bonds is 4. The highest BCUT2D eigenvalue weighted by atomic mass is 35.5. The average molecular weight is 347 g/mol. The molecule has 0 saturated carbocycles. The van der Waals surface area contributed by atoms with E-state index < -0.39 is 16.1 Å². The molecular weight excluding hydrogens is 336 g/mol. The number of nitrogens with two attached hydrogens (primary N) is 1. The number of sulfonamides is 1. The summed E-state index contributed by atoms with van der Waals surface area (Å²) in [6.07, 6.45) is 0. The lowest BCUT2D eigenvalue weighted by Crippen LogP contribution is -2.19. The smallest absolute Gasteiger partial charge is 0.316 e. The Morgan fingerprint density at radius 3 is 2.33 bits per heavy atom. The Hall–Kier alpha value is -1.84. The molecule has 2 amide bonds. The minimum absolute atomic E-state index is 0.0619. The van der Waals surface area contributed by atoms with Crippen molar-refractivity contribution < 1.29 is 13.2 Å². The van der Waals surface area contributed by atoms with Gasteiger partial charge in [0.05, 0.1) is 5.69 Å². The number of thiazole rings is 1. The number of hydrogen-bond acceptors (Lipinski definition) is 5. The quantitative estimate of drug-likeness (QED) is 0.788. The zero-order chi connectivity index (χ0) is 15.6. The van der Waals surface area contributed by atoms with Crippen molar-refractivity contribution in [3.63, 3.8) is 0 Å². The summed E-state index contributed by atoms with van der Waals surface area (Å²) < 4.78 is 27.1. The molecule has 21 heavy (non-hydrogen) atoms. The standard InChI is InChI=1S/C11H11ClN4O3S2/c1-6-9(20-10(12)14-6)21(18,19)16-8-4-2-7(3-5-8)15-11(13)17/h2-5,16H,1H3,(H3,13,15,17). The second-order valence-electron chi connectivity index (χ2n) is 4.01. The van der Waals surface area contributed by atoms with E-state index in [-0.39, 0.29) is 8.68 Å². The molecule has 0 fully saturated rings. The molecule has 0 atom stereocenters. The van der Waals surface area contributed by atoms with Crippen LogP contribution >= 0.6 is 22.9 Å². The molecule has 7 nitrogen and oxygen atoms in total. The molecule has 2 aromatic rings. The summed E-state index contributed by atoms with van der Waals surface area (Å²) in [5, 5.41) is 2.38. The number of aromatic nitrogens is 1. The lowest BCUT2D eigenvalue weighted by atomic mass is 10.3. The number of nitrogens with one attached hydrogen (secondary N) is 2. The predicted octanol–water partition coefficient (Wildman–Crippen LogP) is 2.40. The van der Waals surface area contributed by atoms with Crippen molar-refractivity contribution in [2.45, 2.75) is 11.1 Å². The van der Waals surface area contributed by atoms with Crippen molar-refractivity contribution in [3.8, 4) is 0 Å². The summed E-state index contributed by atoms with van der Waals surface area (Å²) in [5.41, 5.74) is 6.12. The number of urea groups is 1. The van der Waals surface area contributed by atoms with Gasteiger partial charge in [-0.25, -0.2) is 18.2 Å². The van der Waals surface area contributed by atoms with Gasteiger partial charge >= 0.3 is 6.03 Å². The Morgan fingerprint density at radius 1 is 1.29 bits per heavy atom. The first-order valence-electron chi connectivity index (χ1n) is 5.60. The van der Waals surface area contributed by atoms with Gasteiger partial charge in [0.1, 0.15) is 0 Å². The first-order valence-corrected chi connectivity index (χ1v) is 8.28. The van der Waals surface area contributed by atoms with Crippen LogP contribution in [-0.2, 0) is 10.0 Å². The second-order valence-corrected chi connectivity index (χ2v) is 7.47. The zero-order valence-electron chi connectivity index (χ0n) is 10.8. The summed E-state index contributed by atoms with van der Waals surface area (Å²) in [5.74, 6) is 0. The number of carbonyl (C=O) groups is 1. The topological polar surface area (TPSA) is 114 Å². The highest BCUT2D eigenvalue weighted by molar-refractivity contribution is 7.94. The van der Waals surface area contributed by atoms with Gasteiger partial charge in [-0.1, -0.05) is 22.9 Å². The molecule has 0 unspecified atom stereocenters. The Kier molecular flexibility index (Phi) is 4.35. The van der Waals surface area contributed by atoms with Crippen molar-refractivity contribution >= 4 is 50.4 Å². The first kappa shape index (κ1) is 15.5. The second kappa shape index (κ2) is 5.88. The number of nitrogens with zero attached hydrogens (tertiary/aromatic N) is 1. The summed E-state index contributed by atoms with van der Waals surface area (Å²) >= 11 is 6.59. The third-order valence-corrected chi connectivity index (χ3v) is 5.63. The van der Waals surface area contributed by atoms with Crippen molar-refractivity contribution in [2.75, 3.05) is 10.0 Å². The number of primary amides is 1. The number of aryl methyl sites for hydroxylation is 1. The van der Waals surface area contributed by atoms with Crippen LogP contribution in [0.5, 0.6) is 0 Å². The highest BCUT2D eigenvalue weighted by Crippen LogP contribution is 2.28. The minimum Gasteiger partial charge on any atom is -0.351 e. The van der Waals surface area contributed by atoms with Gasteiger partial charge in [-0.15, -0.1) is 0 Å². The number of hydrogen-bond donors (Lipinski definition) is 3. The van der Waals surface area contributed by atoms with Gasteiger partial charge in [0, 0.05) is 11.4 Å². The minimum atomic E-state index is -3.75. The SMILES string of the molecule is Cc1nc(Cl)sc1S(=O)(=O)Nc1ccc(NC(N)=O)cc1.